The van der Waals surface area contributed by atoms with Crippen LogP contribution in [0.1, 0.15) is 15.2 Å². The molecule has 0 spiro atoms. The monoisotopic (exact) mass is 287 g/mol. The molecular formula is C14H13N3O2S. The number of thiazole rings is 1. The predicted octanol–water partition coefficient (Wildman–Crippen LogP) is 2.37. The first-order chi connectivity index (χ1) is 9.79. The molecule has 2 heterocycles. The van der Waals surface area contributed by atoms with Gasteiger partial charge in [0, 0.05) is 6.20 Å². The van der Waals surface area contributed by atoms with Gasteiger partial charge < -0.3 is 4.74 Å². The average Bonchev–Trinajstić information content (AvgIpc) is 3.01. The second-order valence-electron chi connectivity index (χ2n) is 4.23. The lowest BCUT2D eigenvalue weighted by molar-refractivity contribution is 0.0957. The summed E-state index contributed by atoms with van der Waals surface area (Å²) in [6.45, 7) is 0. The van der Waals surface area contributed by atoms with E-state index in [4.69, 9.17) is 4.74 Å². The van der Waals surface area contributed by atoms with E-state index in [1.807, 2.05) is 30.5 Å². The van der Waals surface area contributed by atoms with Crippen molar-refractivity contribution in [1.29, 1.82) is 0 Å². The highest BCUT2D eigenvalue weighted by Crippen LogP contribution is 2.34. The Morgan fingerprint density at radius 3 is 3.15 bits per heavy atom. The van der Waals surface area contributed by atoms with Gasteiger partial charge in [-0.2, -0.15) is 0 Å². The predicted molar refractivity (Wildman–Crippen MR) is 77.9 cm³/mol. The van der Waals surface area contributed by atoms with Crippen LogP contribution in [0.5, 0.6) is 5.75 Å². The number of fused-ring (bicyclic) bond motifs is 1. The summed E-state index contributed by atoms with van der Waals surface area (Å²) in [6, 6.07) is 5.84. The molecule has 0 bridgehead atoms. The van der Waals surface area contributed by atoms with E-state index < -0.39 is 0 Å². The van der Waals surface area contributed by atoms with E-state index in [9.17, 15) is 4.79 Å². The molecule has 1 aliphatic heterocycles. The Bertz CT molecular complexity index is 652. The van der Waals surface area contributed by atoms with Gasteiger partial charge >= 0.3 is 0 Å². The molecule has 1 aliphatic rings. The van der Waals surface area contributed by atoms with Gasteiger partial charge in [0.25, 0.3) is 5.91 Å². The Kier molecular flexibility index (Phi) is 3.39. The Morgan fingerprint density at radius 2 is 2.40 bits per heavy atom. The van der Waals surface area contributed by atoms with Crippen LogP contribution >= 0.6 is 11.3 Å². The molecule has 0 fully saturated rings. The second kappa shape index (κ2) is 5.34. The number of para-hydroxylation sites is 1. The molecule has 20 heavy (non-hydrogen) atoms. The number of benzene rings is 1. The van der Waals surface area contributed by atoms with Crippen molar-refractivity contribution in [3.8, 4) is 5.75 Å². The molecule has 0 saturated carbocycles. The minimum absolute atomic E-state index is 0.184. The second-order valence-corrected chi connectivity index (χ2v) is 5.12. The lowest BCUT2D eigenvalue weighted by Gasteiger charge is -2.28. The van der Waals surface area contributed by atoms with E-state index in [1.165, 1.54) is 11.3 Å². The summed E-state index contributed by atoms with van der Waals surface area (Å²) in [6.07, 6.45) is 6.20. The number of hydrogen-bond donors (Lipinski definition) is 1. The van der Waals surface area contributed by atoms with Crippen LogP contribution in [0.2, 0.25) is 0 Å². The first-order valence-electron chi connectivity index (χ1n) is 6.11. The minimum atomic E-state index is -0.184. The van der Waals surface area contributed by atoms with Crippen LogP contribution < -0.4 is 15.2 Å². The van der Waals surface area contributed by atoms with Gasteiger partial charge in [0.1, 0.15) is 16.3 Å². The summed E-state index contributed by atoms with van der Waals surface area (Å²) in [5.74, 6) is 0.548. The van der Waals surface area contributed by atoms with E-state index in [1.54, 1.807) is 23.8 Å². The summed E-state index contributed by atoms with van der Waals surface area (Å²) < 4.78 is 5.38. The van der Waals surface area contributed by atoms with Crippen LogP contribution in [-0.4, -0.2) is 18.0 Å². The Balaban J connectivity index is 1.90. The van der Waals surface area contributed by atoms with E-state index >= 15 is 0 Å². The molecule has 0 aliphatic carbocycles. The van der Waals surface area contributed by atoms with Crippen molar-refractivity contribution in [1.82, 2.24) is 10.4 Å². The number of hydrazine groups is 1. The van der Waals surface area contributed by atoms with Crippen molar-refractivity contribution in [2.24, 2.45) is 0 Å². The molecule has 0 atom stereocenters. The number of anilines is 1. The number of rotatable bonds is 3. The third kappa shape index (κ3) is 2.25. The van der Waals surface area contributed by atoms with Crippen LogP contribution in [0.4, 0.5) is 5.69 Å². The third-order valence-corrected chi connectivity index (χ3v) is 3.79. The molecule has 5 nitrogen and oxygen atoms in total. The van der Waals surface area contributed by atoms with Crippen LogP contribution in [0, 0.1) is 0 Å². The maximum atomic E-state index is 12.1. The normalized spacial score (nSPS) is 12.9. The number of methoxy groups -OCH3 is 1. The molecule has 1 aromatic heterocycles. The molecule has 6 heteroatoms. The van der Waals surface area contributed by atoms with Crippen molar-refractivity contribution in [3.05, 3.63) is 52.6 Å². The van der Waals surface area contributed by atoms with Gasteiger partial charge in [0.05, 0.1) is 18.8 Å². The topological polar surface area (TPSA) is 54.5 Å². The summed E-state index contributed by atoms with van der Waals surface area (Å²) in [5.41, 5.74) is 6.46. The summed E-state index contributed by atoms with van der Waals surface area (Å²) in [4.78, 5) is 16.6. The van der Waals surface area contributed by atoms with Crippen molar-refractivity contribution in [3.63, 3.8) is 0 Å². The van der Waals surface area contributed by atoms with Gasteiger partial charge in [-0.3, -0.25) is 20.2 Å². The molecule has 1 amide bonds. The number of ether oxygens (including phenoxy) is 1. The van der Waals surface area contributed by atoms with Crippen LogP contribution in [0.15, 0.2) is 42.2 Å². The SMILES string of the molecule is COc1cccc2c1N(NC(=O)c1cncs1)C=CC2. The largest absolute Gasteiger partial charge is 0.494 e. The number of amides is 1. The summed E-state index contributed by atoms with van der Waals surface area (Å²) >= 11 is 1.31. The zero-order valence-electron chi connectivity index (χ0n) is 10.9. The zero-order chi connectivity index (χ0) is 13.9. The van der Waals surface area contributed by atoms with Crippen molar-refractivity contribution < 1.29 is 9.53 Å². The van der Waals surface area contributed by atoms with E-state index in [0.717, 1.165) is 23.4 Å². The van der Waals surface area contributed by atoms with Crippen LogP contribution in [0.25, 0.3) is 0 Å². The van der Waals surface area contributed by atoms with Gasteiger partial charge in [-0.1, -0.05) is 18.2 Å². The van der Waals surface area contributed by atoms with E-state index in [-0.39, 0.29) is 5.91 Å². The molecule has 102 valence electrons. The zero-order valence-corrected chi connectivity index (χ0v) is 11.7. The van der Waals surface area contributed by atoms with Gasteiger partial charge in [0.2, 0.25) is 0 Å². The molecular weight excluding hydrogens is 274 g/mol. The molecule has 0 saturated heterocycles. The van der Waals surface area contributed by atoms with Crippen molar-refractivity contribution in [2.45, 2.75) is 6.42 Å². The fraction of sp³-hybridized carbons (Fsp3) is 0.143. The highest BCUT2D eigenvalue weighted by molar-refractivity contribution is 7.11. The fourth-order valence-electron chi connectivity index (χ4n) is 2.12. The van der Waals surface area contributed by atoms with Crippen molar-refractivity contribution in [2.75, 3.05) is 12.1 Å². The molecule has 1 aromatic carbocycles. The molecule has 1 N–H and O–H groups in total. The molecule has 2 aromatic rings. The van der Waals surface area contributed by atoms with Gasteiger partial charge in [-0.15, -0.1) is 11.3 Å². The summed E-state index contributed by atoms with van der Waals surface area (Å²) in [7, 11) is 1.62. The molecule has 0 radical (unpaired) electrons. The highest BCUT2D eigenvalue weighted by atomic mass is 32.1. The maximum absolute atomic E-state index is 12.1. The number of hydrogen-bond acceptors (Lipinski definition) is 5. The lowest BCUT2D eigenvalue weighted by Crippen LogP contribution is -2.40. The Hall–Kier alpha value is -2.34. The third-order valence-electron chi connectivity index (χ3n) is 3.01. The Morgan fingerprint density at radius 1 is 1.50 bits per heavy atom. The van der Waals surface area contributed by atoms with Crippen molar-refractivity contribution >= 4 is 22.9 Å². The molecule has 3 rings (SSSR count). The van der Waals surface area contributed by atoms with E-state index in [0.29, 0.717) is 4.88 Å². The van der Waals surface area contributed by atoms with Gasteiger partial charge in [-0.25, -0.2) is 0 Å². The number of nitrogens with one attached hydrogen (secondary N) is 1. The molecule has 0 unspecified atom stereocenters. The standard InChI is InChI=1S/C14H13N3O2S/c1-19-11-6-2-4-10-5-3-7-17(13(10)11)16-14(18)12-8-15-9-20-12/h2-4,6-9H,5H2,1H3,(H,16,18). The quantitative estimate of drug-likeness (QED) is 0.941. The fourth-order valence-corrected chi connectivity index (χ4v) is 2.63. The number of carbonyl (C=O) groups excluding carboxylic acids is 1. The van der Waals surface area contributed by atoms with E-state index in [2.05, 4.69) is 10.4 Å². The highest BCUT2D eigenvalue weighted by Gasteiger charge is 2.20. The number of carbonyl (C=O) groups is 1. The smallest absolute Gasteiger partial charge is 0.281 e. The Labute approximate surface area is 120 Å². The van der Waals surface area contributed by atoms with Crippen LogP contribution in [-0.2, 0) is 6.42 Å². The average molecular weight is 287 g/mol. The first-order valence-corrected chi connectivity index (χ1v) is 6.99. The van der Waals surface area contributed by atoms with Gasteiger partial charge in [0.15, 0.2) is 0 Å². The minimum Gasteiger partial charge on any atom is -0.494 e. The van der Waals surface area contributed by atoms with Crippen LogP contribution in [0.3, 0.4) is 0 Å². The lowest BCUT2D eigenvalue weighted by atomic mass is 10.1. The van der Waals surface area contributed by atoms with Gasteiger partial charge in [-0.05, 0) is 18.1 Å². The first kappa shape index (κ1) is 12.7. The maximum Gasteiger partial charge on any atom is 0.281 e. The number of aromatic nitrogens is 1. The number of allylic oxidation sites excluding steroid dienone is 1. The summed E-state index contributed by atoms with van der Waals surface area (Å²) in [5, 5.41) is 1.69. The number of nitrogens with zero attached hydrogens (tertiary/aromatic N) is 2.